The first-order chi connectivity index (χ1) is 10.3. The minimum atomic E-state index is -0.140. The van der Waals surface area contributed by atoms with Crippen LogP contribution in [0.3, 0.4) is 0 Å². The van der Waals surface area contributed by atoms with Crippen LogP contribution in [0, 0.1) is 11.3 Å². The molecule has 0 saturated carbocycles. The molecule has 0 aliphatic heterocycles. The topological polar surface area (TPSA) is 62.1 Å². The van der Waals surface area contributed by atoms with Crippen molar-refractivity contribution >= 4 is 5.91 Å². The molecule has 2 aromatic carbocycles. The number of carbonyl (C=O) groups excluding carboxylic acids is 1. The first kappa shape index (κ1) is 14.6. The number of nitrogens with one attached hydrogen (secondary N) is 1. The van der Waals surface area contributed by atoms with Crippen molar-refractivity contribution in [2.24, 2.45) is 0 Å². The van der Waals surface area contributed by atoms with E-state index < -0.39 is 0 Å². The maximum atomic E-state index is 11.8. The minimum Gasteiger partial charge on any atom is -0.494 e. The monoisotopic (exact) mass is 280 g/mol. The van der Waals surface area contributed by atoms with E-state index in [2.05, 4.69) is 5.32 Å². The Morgan fingerprint density at radius 3 is 2.48 bits per heavy atom. The second kappa shape index (κ2) is 7.71. The fraction of sp³-hybridized carbons (Fsp3) is 0.176. The van der Waals surface area contributed by atoms with E-state index in [1.54, 1.807) is 24.3 Å². The van der Waals surface area contributed by atoms with Crippen molar-refractivity contribution in [3.63, 3.8) is 0 Å². The van der Waals surface area contributed by atoms with E-state index in [9.17, 15) is 4.79 Å². The van der Waals surface area contributed by atoms with Gasteiger partial charge in [0.1, 0.15) is 5.75 Å². The summed E-state index contributed by atoms with van der Waals surface area (Å²) >= 11 is 0. The van der Waals surface area contributed by atoms with Crippen LogP contribution in [-0.4, -0.2) is 19.1 Å². The van der Waals surface area contributed by atoms with E-state index in [0.29, 0.717) is 24.3 Å². The second-order valence-corrected chi connectivity index (χ2v) is 4.46. The summed E-state index contributed by atoms with van der Waals surface area (Å²) in [7, 11) is 0. The number of hydrogen-bond donors (Lipinski definition) is 1. The predicted molar refractivity (Wildman–Crippen MR) is 80.0 cm³/mol. The molecule has 21 heavy (non-hydrogen) atoms. The fourth-order valence-electron chi connectivity index (χ4n) is 1.78. The second-order valence-electron chi connectivity index (χ2n) is 4.46. The molecule has 0 aliphatic carbocycles. The minimum absolute atomic E-state index is 0.140. The third-order valence-corrected chi connectivity index (χ3v) is 2.89. The Hall–Kier alpha value is -2.80. The maximum Gasteiger partial charge on any atom is 0.251 e. The molecule has 1 amide bonds. The number of carbonyl (C=O) groups is 1. The molecule has 4 heteroatoms. The van der Waals surface area contributed by atoms with Gasteiger partial charge in [-0.15, -0.1) is 0 Å². The molecule has 0 saturated heterocycles. The van der Waals surface area contributed by atoms with Gasteiger partial charge in [0.15, 0.2) is 0 Å². The number of hydrogen-bond acceptors (Lipinski definition) is 3. The highest BCUT2D eigenvalue weighted by atomic mass is 16.5. The van der Waals surface area contributed by atoms with Gasteiger partial charge < -0.3 is 10.1 Å². The van der Waals surface area contributed by atoms with Crippen molar-refractivity contribution < 1.29 is 9.53 Å². The molecule has 0 aromatic heterocycles. The maximum absolute atomic E-state index is 11.8. The van der Waals surface area contributed by atoms with Crippen molar-refractivity contribution in [2.45, 2.75) is 6.42 Å². The summed E-state index contributed by atoms with van der Waals surface area (Å²) in [4.78, 5) is 11.8. The highest BCUT2D eigenvalue weighted by Crippen LogP contribution is 2.08. The van der Waals surface area contributed by atoms with Crippen molar-refractivity contribution in [2.75, 3.05) is 13.2 Å². The zero-order valence-electron chi connectivity index (χ0n) is 11.6. The molecule has 0 heterocycles. The molecule has 0 radical (unpaired) electrons. The van der Waals surface area contributed by atoms with E-state index in [-0.39, 0.29) is 5.91 Å². The number of nitrogens with zero attached hydrogens (tertiary/aromatic N) is 1. The zero-order valence-corrected chi connectivity index (χ0v) is 11.6. The highest BCUT2D eigenvalue weighted by molar-refractivity contribution is 5.94. The number of para-hydroxylation sites is 1. The molecule has 0 unspecified atom stereocenters. The van der Waals surface area contributed by atoms with Gasteiger partial charge in [-0.1, -0.05) is 18.2 Å². The Morgan fingerprint density at radius 2 is 1.81 bits per heavy atom. The smallest absolute Gasteiger partial charge is 0.251 e. The number of benzene rings is 2. The Morgan fingerprint density at radius 1 is 1.10 bits per heavy atom. The molecule has 0 spiro atoms. The Balaban J connectivity index is 1.68. The van der Waals surface area contributed by atoms with Gasteiger partial charge in [-0.05, 0) is 42.8 Å². The average molecular weight is 280 g/mol. The Kier molecular flexibility index (Phi) is 5.36. The molecule has 4 nitrogen and oxygen atoms in total. The van der Waals surface area contributed by atoms with Crippen LogP contribution >= 0.6 is 0 Å². The molecule has 2 aromatic rings. The summed E-state index contributed by atoms with van der Waals surface area (Å²) in [5.74, 6) is 0.690. The average Bonchev–Trinajstić information content (AvgIpc) is 2.55. The van der Waals surface area contributed by atoms with E-state index in [0.717, 1.165) is 12.2 Å². The first-order valence-corrected chi connectivity index (χ1v) is 6.76. The normalized spacial score (nSPS) is 9.67. The lowest BCUT2D eigenvalue weighted by atomic mass is 10.1. The molecule has 1 N–H and O–H groups in total. The molecule has 2 rings (SSSR count). The van der Waals surface area contributed by atoms with E-state index in [1.165, 1.54) is 0 Å². The summed E-state index contributed by atoms with van der Waals surface area (Å²) in [6.07, 6.45) is 0.733. The van der Waals surface area contributed by atoms with Gasteiger partial charge in [-0.25, -0.2) is 0 Å². The molecule has 0 fully saturated rings. The predicted octanol–water partition coefficient (Wildman–Crippen LogP) is 2.76. The molecule has 0 aliphatic rings. The van der Waals surface area contributed by atoms with E-state index in [4.69, 9.17) is 10.00 Å². The summed E-state index contributed by atoms with van der Waals surface area (Å²) in [6.45, 7) is 1.10. The molecular formula is C17H16N2O2. The summed E-state index contributed by atoms with van der Waals surface area (Å²) in [6, 6.07) is 18.1. The number of ether oxygens (including phenoxy) is 1. The number of nitriles is 1. The van der Waals surface area contributed by atoms with Crippen LogP contribution in [0.2, 0.25) is 0 Å². The van der Waals surface area contributed by atoms with Crippen LogP contribution in [0.4, 0.5) is 0 Å². The Bertz CT molecular complexity index is 615. The summed E-state index contributed by atoms with van der Waals surface area (Å²) in [5.41, 5.74) is 1.10. The fourth-order valence-corrected chi connectivity index (χ4v) is 1.78. The SMILES string of the molecule is N#Cc1ccc(C(=O)NCCCOc2ccccc2)cc1. The van der Waals surface area contributed by atoms with Crippen LogP contribution in [0.25, 0.3) is 0 Å². The van der Waals surface area contributed by atoms with Crippen LogP contribution in [0.15, 0.2) is 54.6 Å². The standard InChI is InChI=1S/C17H16N2O2/c18-13-14-7-9-15(10-8-14)17(20)19-11-4-12-21-16-5-2-1-3-6-16/h1-3,5-10H,4,11-12H2,(H,19,20). The Labute approximate surface area is 124 Å². The molecule has 0 bridgehead atoms. The zero-order chi connectivity index (χ0) is 14.9. The number of rotatable bonds is 6. The van der Waals surface area contributed by atoms with Gasteiger partial charge in [-0.3, -0.25) is 4.79 Å². The quantitative estimate of drug-likeness (QED) is 0.828. The molecule has 0 atom stereocenters. The van der Waals surface area contributed by atoms with Gasteiger partial charge >= 0.3 is 0 Å². The summed E-state index contributed by atoms with van der Waals surface area (Å²) in [5, 5.41) is 11.5. The largest absolute Gasteiger partial charge is 0.494 e. The van der Waals surface area contributed by atoms with Gasteiger partial charge in [-0.2, -0.15) is 5.26 Å². The molecular weight excluding hydrogens is 264 g/mol. The van der Waals surface area contributed by atoms with Gasteiger partial charge in [0.25, 0.3) is 5.91 Å². The van der Waals surface area contributed by atoms with Gasteiger partial charge in [0.05, 0.1) is 18.2 Å². The van der Waals surface area contributed by atoms with Crippen LogP contribution < -0.4 is 10.1 Å². The number of amides is 1. The van der Waals surface area contributed by atoms with E-state index in [1.807, 2.05) is 36.4 Å². The van der Waals surface area contributed by atoms with Crippen LogP contribution in [0.1, 0.15) is 22.3 Å². The van der Waals surface area contributed by atoms with Crippen molar-refractivity contribution in [3.05, 3.63) is 65.7 Å². The van der Waals surface area contributed by atoms with E-state index >= 15 is 0 Å². The first-order valence-electron chi connectivity index (χ1n) is 6.76. The lowest BCUT2D eigenvalue weighted by Gasteiger charge is -2.07. The highest BCUT2D eigenvalue weighted by Gasteiger charge is 2.04. The summed E-state index contributed by atoms with van der Waals surface area (Å²) < 4.78 is 5.54. The van der Waals surface area contributed by atoms with Crippen molar-refractivity contribution in [3.8, 4) is 11.8 Å². The van der Waals surface area contributed by atoms with Crippen LogP contribution in [0.5, 0.6) is 5.75 Å². The van der Waals surface area contributed by atoms with Gasteiger partial charge in [0, 0.05) is 12.1 Å². The van der Waals surface area contributed by atoms with Crippen LogP contribution in [-0.2, 0) is 0 Å². The lowest BCUT2D eigenvalue weighted by molar-refractivity contribution is 0.0951. The lowest BCUT2D eigenvalue weighted by Crippen LogP contribution is -2.25. The third kappa shape index (κ3) is 4.66. The van der Waals surface area contributed by atoms with Crippen molar-refractivity contribution in [1.82, 2.24) is 5.32 Å². The third-order valence-electron chi connectivity index (χ3n) is 2.89. The van der Waals surface area contributed by atoms with Crippen molar-refractivity contribution in [1.29, 1.82) is 5.26 Å². The van der Waals surface area contributed by atoms with Gasteiger partial charge in [0.2, 0.25) is 0 Å². The molecule has 106 valence electrons.